The fourth-order valence-electron chi connectivity index (χ4n) is 1.56. The van der Waals surface area contributed by atoms with Gasteiger partial charge in [0.05, 0.1) is 13.2 Å². The first-order valence-corrected chi connectivity index (χ1v) is 6.14. The van der Waals surface area contributed by atoms with E-state index in [0.717, 1.165) is 17.0 Å². The first-order valence-electron chi connectivity index (χ1n) is 5.32. The second-order valence-electron chi connectivity index (χ2n) is 3.98. The lowest BCUT2D eigenvalue weighted by Gasteiger charge is -2.14. The summed E-state index contributed by atoms with van der Waals surface area (Å²) in [4.78, 5) is 16.3. The lowest BCUT2D eigenvalue weighted by molar-refractivity contribution is 0.0922. The molecule has 1 aromatic heterocycles. The standard InChI is InChI=1S/C12H19NO2S/c1-9-7-11(10(2)16-9)12(14)8-13(3)5-6-15-4/h7H,5-6,8H2,1-4H3. The molecule has 90 valence electrons. The van der Waals surface area contributed by atoms with Crippen LogP contribution in [0.3, 0.4) is 0 Å². The lowest BCUT2D eigenvalue weighted by Crippen LogP contribution is -2.29. The Hall–Kier alpha value is -0.710. The van der Waals surface area contributed by atoms with E-state index >= 15 is 0 Å². The first-order chi connectivity index (χ1) is 7.54. The minimum atomic E-state index is 0.195. The normalized spacial score (nSPS) is 11.1. The summed E-state index contributed by atoms with van der Waals surface area (Å²) in [5.41, 5.74) is 0.867. The molecule has 1 rings (SSSR count). The molecule has 0 fully saturated rings. The van der Waals surface area contributed by atoms with E-state index in [1.54, 1.807) is 18.4 Å². The molecular formula is C12H19NO2S. The maximum absolute atomic E-state index is 12.0. The van der Waals surface area contributed by atoms with Gasteiger partial charge in [-0.2, -0.15) is 0 Å². The smallest absolute Gasteiger partial charge is 0.177 e. The Morgan fingerprint density at radius 3 is 2.69 bits per heavy atom. The Morgan fingerprint density at radius 2 is 2.19 bits per heavy atom. The Bertz CT molecular complexity index is 360. The van der Waals surface area contributed by atoms with Crippen molar-refractivity contribution in [3.8, 4) is 0 Å². The second-order valence-corrected chi connectivity index (χ2v) is 5.44. The van der Waals surface area contributed by atoms with E-state index in [2.05, 4.69) is 0 Å². The van der Waals surface area contributed by atoms with Gasteiger partial charge in [0.1, 0.15) is 0 Å². The minimum absolute atomic E-state index is 0.195. The van der Waals surface area contributed by atoms with E-state index in [1.807, 2.05) is 31.9 Å². The topological polar surface area (TPSA) is 29.5 Å². The van der Waals surface area contributed by atoms with Crippen molar-refractivity contribution < 1.29 is 9.53 Å². The van der Waals surface area contributed by atoms with Gasteiger partial charge in [-0.05, 0) is 27.0 Å². The zero-order chi connectivity index (χ0) is 12.1. The third kappa shape index (κ3) is 3.70. The monoisotopic (exact) mass is 241 g/mol. The third-order valence-electron chi connectivity index (χ3n) is 2.43. The number of ether oxygens (including phenoxy) is 1. The van der Waals surface area contributed by atoms with Crippen LogP contribution in [-0.2, 0) is 4.74 Å². The predicted molar refractivity (Wildman–Crippen MR) is 67.5 cm³/mol. The minimum Gasteiger partial charge on any atom is -0.383 e. The van der Waals surface area contributed by atoms with Gasteiger partial charge in [0.2, 0.25) is 0 Å². The van der Waals surface area contributed by atoms with Crippen molar-refractivity contribution in [3.63, 3.8) is 0 Å². The largest absolute Gasteiger partial charge is 0.383 e. The molecule has 0 N–H and O–H groups in total. The number of rotatable bonds is 6. The van der Waals surface area contributed by atoms with Crippen LogP contribution in [0, 0.1) is 13.8 Å². The Balaban J connectivity index is 2.55. The lowest BCUT2D eigenvalue weighted by atomic mass is 10.1. The van der Waals surface area contributed by atoms with Crippen molar-refractivity contribution in [2.75, 3.05) is 33.9 Å². The summed E-state index contributed by atoms with van der Waals surface area (Å²) in [6.45, 7) is 5.93. The van der Waals surface area contributed by atoms with Crippen molar-refractivity contribution in [1.82, 2.24) is 4.90 Å². The quantitative estimate of drug-likeness (QED) is 0.715. The van der Waals surface area contributed by atoms with Crippen LogP contribution >= 0.6 is 11.3 Å². The molecule has 3 nitrogen and oxygen atoms in total. The number of aryl methyl sites for hydroxylation is 2. The van der Waals surface area contributed by atoms with E-state index in [-0.39, 0.29) is 5.78 Å². The molecule has 1 heterocycles. The molecule has 4 heteroatoms. The highest BCUT2D eigenvalue weighted by Crippen LogP contribution is 2.21. The maximum atomic E-state index is 12.0. The van der Waals surface area contributed by atoms with Gasteiger partial charge in [0.25, 0.3) is 0 Å². The van der Waals surface area contributed by atoms with Gasteiger partial charge in [0.15, 0.2) is 5.78 Å². The summed E-state index contributed by atoms with van der Waals surface area (Å²) in [5.74, 6) is 0.195. The highest BCUT2D eigenvalue weighted by atomic mass is 32.1. The van der Waals surface area contributed by atoms with Crippen molar-refractivity contribution in [2.45, 2.75) is 13.8 Å². The Morgan fingerprint density at radius 1 is 1.50 bits per heavy atom. The van der Waals surface area contributed by atoms with E-state index in [4.69, 9.17) is 4.74 Å². The first kappa shape index (κ1) is 13.4. The number of nitrogens with zero attached hydrogens (tertiary/aromatic N) is 1. The number of hydrogen-bond acceptors (Lipinski definition) is 4. The summed E-state index contributed by atoms with van der Waals surface area (Å²) in [5, 5.41) is 0. The zero-order valence-electron chi connectivity index (χ0n) is 10.4. The molecule has 0 saturated heterocycles. The van der Waals surface area contributed by atoms with Gasteiger partial charge < -0.3 is 4.74 Å². The van der Waals surface area contributed by atoms with Gasteiger partial charge in [0, 0.05) is 29.0 Å². The maximum Gasteiger partial charge on any atom is 0.177 e. The van der Waals surface area contributed by atoms with E-state index in [1.165, 1.54) is 4.88 Å². The van der Waals surface area contributed by atoms with Gasteiger partial charge >= 0.3 is 0 Å². The van der Waals surface area contributed by atoms with Crippen LogP contribution in [0.4, 0.5) is 0 Å². The number of Topliss-reactive ketones (excluding diaryl/α,β-unsaturated/α-hetero) is 1. The molecule has 16 heavy (non-hydrogen) atoms. The number of hydrogen-bond donors (Lipinski definition) is 0. The molecule has 0 spiro atoms. The van der Waals surface area contributed by atoms with E-state index in [9.17, 15) is 4.79 Å². The van der Waals surface area contributed by atoms with Crippen molar-refractivity contribution >= 4 is 17.1 Å². The number of carbonyl (C=O) groups excluding carboxylic acids is 1. The number of thiophene rings is 1. The molecule has 0 atom stereocenters. The average molecular weight is 241 g/mol. The number of methoxy groups -OCH3 is 1. The van der Waals surface area contributed by atoms with E-state index < -0.39 is 0 Å². The van der Waals surface area contributed by atoms with Crippen molar-refractivity contribution in [2.24, 2.45) is 0 Å². The molecular weight excluding hydrogens is 222 g/mol. The molecule has 0 aliphatic rings. The van der Waals surface area contributed by atoms with Crippen LogP contribution in [0.2, 0.25) is 0 Å². The summed E-state index contributed by atoms with van der Waals surface area (Å²) in [7, 11) is 3.60. The zero-order valence-corrected chi connectivity index (χ0v) is 11.2. The summed E-state index contributed by atoms with van der Waals surface area (Å²) >= 11 is 1.68. The van der Waals surface area contributed by atoms with Crippen LogP contribution in [0.15, 0.2) is 6.07 Å². The van der Waals surface area contributed by atoms with Crippen molar-refractivity contribution in [1.29, 1.82) is 0 Å². The molecule has 1 aromatic rings. The van der Waals surface area contributed by atoms with Gasteiger partial charge in [-0.25, -0.2) is 0 Å². The van der Waals surface area contributed by atoms with Gasteiger partial charge in [-0.15, -0.1) is 11.3 Å². The van der Waals surface area contributed by atoms with Crippen LogP contribution in [0.25, 0.3) is 0 Å². The molecule has 0 unspecified atom stereocenters. The molecule has 0 aliphatic carbocycles. The molecule has 0 amide bonds. The van der Waals surface area contributed by atoms with Crippen LogP contribution in [0.5, 0.6) is 0 Å². The fraction of sp³-hybridized carbons (Fsp3) is 0.583. The SMILES string of the molecule is COCCN(C)CC(=O)c1cc(C)sc1C. The van der Waals surface area contributed by atoms with Crippen LogP contribution in [-0.4, -0.2) is 44.5 Å². The summed E-state index contributed by atoms with van der Waals surface area (Å²) < 4.78 is 4.98. The third-order valence-corrected chi connectivity index (χ3v) is 3.40. The summed E-state index contributed by atoms with van der Waals surface area (Å²) in [6.07, 6.45) is 0. The summed E-state index contributed by atoms with van der Waals surface area (Å²) in [6, 6.07) is 1.98. The fourth-order valence-corrected chi connectivity index (χ4v) is 2.51. The number of carbonyl (C=O) groups is 1. The molecule has 0 bridgehead atoms. The molecule has 0 saturated carbocycles. The van der Waals surface area contributed by atoms with E-state index in [0.29, 0.717) is 13.2 Å². The molecule has 0 aromatic carbocycles. The highest BCUT2D eigenvalue weighted by Gasteiger charge is 2.13. The second kappa shape index (κ2) is 6.13. The highest BCUT2D eigenvalue weighted by molar-refractivity contribution is 7.12. The van der Waals surface area contributed by atoms with Crippen LogP contribution in [0.1, 0.15) is 20.1 Å². The van der Waals surface area contributed by atoms with Gasteiger partial charge in [-0.3, -0.25) is 9.69 Å². The average Bonchev–Trinajstić information content (AvgIpc) is 2.54. The van der Waals surface area contributed by atoms with Crippen molar-refractivity contribution in [3.05, 3.63) is 21.4 Å². The number of ketones is 1. The Kier molecular flexibility index (Phi) is 5.12. The molecule has 0 radical (unpaired) electrons. The Labute approximate surface area is 101 Å². The van der Waals surface area contributed by atoms with Crippen LogP contribution < -0.4 is 0 Å². The van der Waals surface area contributed by atoms with Gasteiger partial charge in [-0.1, -0.05) is 0 Å². The predicted octanol–water partition coefficient (Wildman–Crippen LogP) is 2.13. The number of likely N-dealkylation sites (N-methyl/N-ethyl adjacent to an activating group) is 1. The molecule has 0 aliphatic heterocycles.